The van der Waals surface area contributed by atoms with Crippen LogP contribution in [-0.4, -0.2) is 48.6 Å². The van der Waals surface area contributed by atoms with Crippen LogP contribution in [0.25, 0.3) is 5.70 Å². The molecule has 0 radical (unpaired) electrons. The summed E-state index contributed by atoms with van der Waals surface area (Å²) in [5.41, 5.74) is 6.14. The topological polar surface area (TPSA) is 83.3 Å². The summed E-state index contributed by atoms with van der Waals surface area (Å²) in [6.07, 6.45) is 3.17. The molecule has 0 aromatic heterocycles. The molecule has 0 amide bonds. The molecule has 6 heteroatoms. The van der Waals surface area contributed by atoms with Crippen molar-refractivity contribution in [1.82, 2.24) is 5.32 Å². The molecule has 36 heavy (non-hydrogen) atoms. The Hall–Kier alpha value is -2.67. The van der Waals surface area contributed by atoms with Crippen molar-refractivity contribution in [3.63, 3.8) is 0 Å². The van der Waals surface area contributed by atoms with Gasteiger partial charge < -0.3 is 25.0 Å². The molecular formula is C30H42N2O4. The van der Waals surface area contributed by atoms with Gasteiger partial charge in [0, 0.05) is 23.7 Å². The molecular weight excluding hydrogens is 452 g/mol. The molecule has 0 fully saturated rings. The van der Waals surface area contributed by atoms with Crippen molar-refractivity contribution in [2.45, 2.75) is 71.6 Å². The maximum absolute atomic E-state index is 9.72. The maximum atomic E-state index is 9.72. The zero-order chi connectivity index (χ0) is 26.2. The van der Waals surface area contributed by atoms with Crippen molar-refractivity contribution < 1.29 is 19.7 Å². The van der Waals surface area contributed by atoms with Gasteiger partial charge in [0.05, 0.1) is 31.6 Å². The van der Waals surface area contributed by atoms with Crippen molar-refractivity contribution in [3.8, 4) is 5.75 Å². The zero-order valence-corrected chi connectivity index (χ0v) is 22.4. The molecule has 6 nitrogen and oxygen atoms in total. The largest absolute Gasteiger partial charge is 0.491 e. The highest BCUT2D eigenvalue weighted by Gasteiger charge is 2.25. The number of fused-ring (bicyclic) bond motifs is 1. The van der Waals surface area contributed by atoms with Crippen LogP contribution in [0.1, 0.15) is 74.4 Å². The molecule has 3 rings (SSSR count). The number of hydrogen-bond donors (Lipinski definition) is 3. The van der Waals surface area contributed by atoms with Gasteiger partial charge in [-0.15, -0.1) is 0 Å². The van der Waals surface area contributed by atoms with Crippen molar-refractivity contribution in [3.05, 3.63) is 70.8 Å². The lowest BCUT2D eigenvalue weighted by Crippen LogP contribution is -2.31. The van der Waals surface area contributed by atoms with Gasteiger partial charge in [0.15, 0.2) is 0 Å². The average molecular weight is 495 g/mol. The van der Waals surface area contributed by atoms with E-state index in [1.807, 2.05) is 32.0 Å². The van der Waals surface area contributed by atoms with Gasteiger partial charge in [-0.3, -0.25) is 0 Å². The third-order valence-corrected chi connectivity index (χ3v) is 6.48. The lowest BCUT2D eigenvalue weighted by atomic mass is 9.99. The van der Waals surface area contributed by atoms with Gasteiger partial charge in [-0.1, -0.05) is 38.6 Å². The summed E-state index contributed by atoms with van der Waals surface area (Å²) in [7, 11) is 1.64. The van der Waals surface area contributed by atoms with Crippen molar-refractivity contribution in [1.29, 1.82) is 0 Å². The Labute approximate surface area is 216 Å². The molecule has 0 saturated carbocycles. The zero-order valence-electron chi connectivity index (χ0n) is 22.4. The Bertz CT molecular complexity index is 1060. The van der Waals surface area contributed by atoms with E-state index in [2.05, 4.69) is 43.9 Å². The first-order valence-corrected chi connectivity index (χ1v) is 13.0. The maximum Gasteiger partial charge on any atom is 0.221 e. The highest BCUT2D eigenvalue weighted by atomic mass is 16.5. The van der Waals surface area contributed by atoms with Gasteiger partial charge >= 0.3 is 0 Å². The second kappa shape index (κ2) is 13.0. The van der Waals surface area contributed by atoms with Crippen molar-refractivity contribution in [2.24, 2.45) is 10.9 Å². The summed E-state index contributed by atoms with van der Waals surface area (Å²) >= 11 is 0. The Morgan fingerprint density at radius 3 is 2.64 bits per heavy atom. The van der Waals surface area contributed by atoms with E-state index in [4.69, 9.17) is 19.6 Å². The van der Waals surface area contributed by atoms with Crippen molar-refractivity contribution in [2.75, 3.05) is 20.3 Å². The van der Waals surface area contributed by atoms with E-state index in [0.717, 1.165) is 48.1 Å². The van der Waals surface area contributed by atoms with Gasteiger partial charge in [0.2, 0.25) is 5.90 Å². The van der Waals surface area contributed by atoms with Gasteiger partial charge in [-0.05, 0) is 80.3 Å². The molecule has 3 N–H and O–H groups in total. The number of rotatable bonds is 12. The molecule has 0 bridgehead atoms. The summed E-state index contributed by atoms with van der Waals surface area (Å²) in [4.78, 5) is 4.82. The predicted molar refractivity (Wildman–Crippen MR) is 147 cm³/mol. The summed E-state index contributed by atoms with van der Waals surface area (Å²) < 4.78 is 11.8. The lowest BCUT2D eigenvalue weighted by molar-refractivity contribution is 0.0919. The first-order chi connectivity index (χ1) is 17.2. The van der Waals surface area contributed by atoms with E-state index < -0.39 is 6.10 Å². The lowest BCUT2D eigenvalue weighted by Gasteiger charge is -2.17. The van der Waals surface area contributed by atoms with Crippen LogP contribution in [0.15, 0.2) is 48.0 Å². The van der Waals surface area contributed by atoms with Gasteiger partial charge in [0.1, 0.15) is 5.75 Å². The molecule has 2 aromatic rings. The number of aliphatic hydroxyl groups is 2. The normalized spacial score (nSPS) is 16.4. The number of aryl methyl sites for hydroxylation is 1. The molecule has 2 unspecified atom stereocenters. The summed E-state index contributed by atoms with van der Waals surface area (Å²) in [6, 6.07) is 12.4. The van der Waals surface area contributed by atoms with Crippen LogP contribution in [0.4, 0.5) is 0 Å². The number of aliphatic imine (C=N–C) groups is 1. The fourth-order valence-electron chi connectivity index (χ4n) is 4.61. The number of ether oxygens (including phenoxy) is 2. The second-order valence-electron chi connectivity index (χ2n) is 10.2. The minimum atomic E-state index is -0.760. The van der Waals surface area contributed by atoms with Crippen LogP contribution in [0.2, 0.25) is 0 Å². The van der Waals surface area contributed by atoms with Crippen LogP contribution in [0.3, 0.4) is 0 Å². The van der Waals surface area contributed by atoms with E-state index in [9.17, 15) is 5.11 Å². The standard InChI is InChI=1S/C30H42N2O4/c1-19(2)10-11-22-16-23(12-15-29(22)36-20(3)4)30(35-6)32-21(5)25-8-7-9-27-26(25)13-14-28(27)31-17-24(34)18-33/h7-9,12,15-16,19-20,24,28,31,33-34H,5,10-11,13-14,17-18H2,1-4,6H3. The Morgan fingerprint density at radius 1 is 1.19 bits per heavy atom. The van der Waals surface area contributed by atoms with Crippen LogP contribution in [-0.2, 0) is 17.6 Å². The fourth-order valence-corrected chi connectivity index (χ4v) is 4.61. The quantitative estimate of drug-likeness (QED) is 0.284. The molecule has 1 aliphatic rings. The number of aliphatic hydroxyl groups excluding tert-OH is 2. The Kier molecular flexibility index (Phi) is 10.1. The monoisotopic (exact) mass is 494 g/mol. The molecule has 2 aromatic carbocycles. The summed E-state index contributed by atoms with van der Waals surface area (Å²) in [5, 5.41) is 22.2. The summed E-state index contributed by atoms with van der Waals surface area (Å²) in [5.74, 6) is 2.04. The number of hydrogen-bond acceptors (Lipinski definition) is 6. The molecule has 196 valence electrons. The highest BCUT2D eigenvalue weighted by molar-refractivity contribution is 5.98. The molecule has 2 atom stereocenters. The molecule has 1 aliphatic carbocycles. The van der Waals surface area contributed by atoms with Gasteiger partial charge in [-0.2, -0.15) is 0 Å². The van der Waals surface area contributed by atoms with Crippen LogP contribution >= 0.6 is 0 Å². The third-order valence-electron chi connectivity index (χ3n) is 6.48. The molecule has 0 saturated heterocycles. The first-order valence-electron chi connectivity index (χ1n) is 13.0. The number of nitrogens with one attached hydrogen (secondary N) is 1. The molecule has 0 aliphatic heterocycles. The Balaban J connectivity index is 1.87. The second-order valence-corrected chi connectivity index (χ2v) is 10.2. The van der Waals surface area contributed by atoms with Crippen molar-refractivity contribution >= 4 is 11.6 Å². The summed E-state index contributed by atoms with van der Waals surface area (Å²) in [6.45, 7) is 12.9. The number of methoxy groups -OCH3 is 1. The van der Waals surface area contributed by atoms with E-state index in [0.29, 0.717) is 24.1 Å². The minimum absolute atomic E-state index is 0.106. The van der Waals surface area contributed by atoms with E-state index >= 15 is 0 Å². The SMILES string of the molecule is C=C(N=C(OC)c1ccc(OC(C)C)c(CCC(C)C)c1)c1cccc2c1CCC2NCC(O)CO. The Morgan fingerprint density at radius 2 is 1.97 bits per heavy atom. The number of nitrogens with zero attached hydrogens (tertiary/aromatic N) is 1. The minimum Gasteiger partial charge on any atom is -0.491 e. The first kappa shape index (κ1) is 27.9. The van der Waals surface area contributed by atoms with Crippen LogP contribution in [0.5, 0.6) is 5.75 Å². The highest BCUT2D eigenvalue weighted by Crippen LogP contribution is 2.36. The molecule has 0 heterocycles. The van der Waals surface area contributed by atoms with E-state index in [1.165, 1.54) is 11.1 Å². The smallest absolute Gasteiger partial charge is 0.221 e. The van der Waals surface area contributed by atoms with E-state index in [-0.39, 0.29) is 18.8 Å². The van der Waals surface area contributed by atoms with E-state index in [1.54, 1.807) is 7.11 Å². The van der Waals surface area contributed by atoms with Crippen LogP contribution in [0, 0.1) is 5.92 Å². The van der Waals surface area contributed by atoms with Crippen LogP contribution < -0.4 is 10.1 Å². The fraction of sp³-hybridized carbons (Fsp3) is 0.500. The van der Waals surface area contributed by atoms with Gasteiger partial charge in [0.25, 0.3) is 0 Å². The third kappa shape index (κ3) is 7.19. The average Bonchev–Trinajstić information content (AvgIpc) is 3.27. The van der Waals surface area contributed by atoms with Gasteiger partial charge in [-0.25, -0.2) is 4.99 Å². The number of benzene rings is 2. The molecule has 0 spiro atoms. The predicted octanol–water partition coefficient (Wildman–Crippen LogP) is 5.06.